The van der Waals surface area contributed by atoms with Crippen LogP contribution >= 0.6 is 12.4 Å². The normalized spacial score (nSPS) is 11.0. The Kier molecular flexibility index (Phi) is 6.69. The summed E-state index contributed by atoms with van der Waals surface area (Å²) in [6.07, 6.45) is 0. The zero-order valence-electron chi connectivity index (χ0n) is 17.6. The van der Waals surface area contributed by atoms with Gasteiger partial charge in [0.15, 0.2) is 0 Å². The van der Waals surface area contributed by atoms with E-state index >= 15 is 0 Å². The second-order valence-electron chi connectivity index (χ2n) is 7.77. The Morgan fingerprint density at radius 3 is 1.59 bits per heavy atom. The first kappa shape index (κ1) is 21.8. The minimum Gasteiger partial charge on any atom is -0.307 e. The molecule has 1 heterocycles. The van der Waals surface area contributed by atoms with E-state index in [4.69, 9.17) is 0 Å². The minimum atomic E-state index is 0. The van der Waals surface area contributed by atoms with E-state index in [1.54, 1.807) is 0 Å². The number of nitrogens with zero attached hydrogens (tertiary/aromatic N) is 1. The molecule has 0 unspecified atom stereocenters. The number of hydrogen-bond acceptors (Lipinski definition) is 2. The highest BCUT2D eigenvalue weighted by Crippen LogP contribution is 2.28. The Labute approximate surface area is 194 Å². The zero-order chi connectivity index (χ0) is 21.0. The molecule has 0 saturated heterocycles. The van der Waals surface area contributed by atoms with Crippen LogP contribution in [0.3, 0.4) is 0 Å². The molecule has 0 saturated carbocycles. The Bertz CT molecular complexity index is 1240. The summed E-state index contributed by atoms with van der Waals surface area (Å²) in [5.41, 5.74) is 4.40. The fourth-order valence-corrected chi connectivity index (χ4v) is 4.39. The topological polar surface area (TPSA) is 34.0 Å². The largest absolute Gasteiger partial charge is 0.307 e. The molecule has 3 nitrogen and oxygen atoms in total. The van der Waals surface area contributed by atoms with Crippen molar-refractivity contribution < 1.29 is 4.79 Å². The van der Waals surface area contributed by atoms with E-state index in [-0.39, 0.29) is 30.8 Å². The molecule has 4 heteroatoms. The Hall–Kier alpha value is -3.40. The molecule has 0 bridgehead atoms. The van der Waals surface area contributed by atoms with Crippen LogP contribution in [0.15, 0.2) is 109 Å². The van der Waals surface area contributed by atoms with Gasteiger partial charge in [0.25, 0.3) is 0 Å². The van der Waals surface area contributed by atoms with Gasteiger partial charge in [-0.25, -0.2) is 0 Å². The maximum Gasteiger partial charge on any atom is 0.245 e. The van der Waals surface area contributed by atoms with Gasteiger partial charge >= 0.3 is 0 Å². The van der Waals surface area contributed by atoms with Gasteiger partial charge in [-0.15, -0.1) is 12.4 Å². The predicted octanol–water partition coefficient (Wildman–Crippen LogP) is 6.28. The van der Waals surface area contributed by atoms with Crippen molar-refractivity contribution in [2.45, 2.75) is 5.92 Å². The third-order valence-electron chi connectivity index (χ3n) is 5.86. The van der Waals surface area contributed by atoms with Crippen molar-refractivity contribution in [3.8, 4) is 0 Å². The smallest absolute Gasteiger partial charge is 0.245 e. The SMILES string of the molecule is Cl.O=C(CNCC(c1ccccc1)c1ccccc1)n1c2ccccc2c2ccccc21. The van der Waals surface area contributed by atoms with E-state index < -0.39 is 0 Å². The molecule has 32 heavy (non-hydrogen) atoms. The number of nitrogens with one attached hydrogen (secondary N) is 1. The van der Waals surface area contributed by atoms with Gasteiger partial charge in [0.1, 0.15) is 0 Å². The molecule has 0 fully saturated rings. The highest BCUT2D eigenvalue weighted by Gasteiger charge is 2.17. The van der Waals surface area contributed by atoms with Crippen molar-refractivity contribution in [1.82, 2.24) is 9.88 Å². The number of fused-ring (bicyclic) bond motifs is 3. The molecule has 160 valence electrons. The quantitative estimate of drug-likeness (QED) is 0.337. The third kappa shape index (κ3) is 4.18. The third-order valence-corrected chi connectivity index (χ3v) is 5.86. The number of aromatic nitrogens is 1. The van der Waals surface area contributed by atoms with Gasteiger partial charge in [-0.3, -0.25) is 9.36 Å². The van der Waals surface area contributed by atoms with Crippen molar-refractivity contribution in [3.05, 3.63) is 120 Å². The van der Waals surface area contributed by atoms with E-state index in [2.05, 4.69) is 66.0 Å². The van der Waals surface area contributed by atoms with Crippen LogP contribution in [0, 0.1) is 0 Å². The average molecular weight is 441 g/mol. The molecule has 5 aromatic rings. The molecule has 0 aliphatic rings. The molecule has 0 aliphatic carbocycles. The first-order chi connectivity index (χ1) is 15.3. The predicted molar refractivity (Wildman–Crippen MR) is 135 cm³/mol. The lowest BCUT2D eigenvalue weighted by Gasteiger charge is -2.19. The van der Waals surface area contributed by atoms with Crippen molar-refractivity contribution in [2.75, 3.05) is 13.1 Å². The number of rotatable bonds is 6. The molecule has 0 radical (unpaired) electrons. The summed E-state index contributed by atoms with van der Waals surface area (Å²) in [5, 5.41) is 5.65. The van der Waals surface area contributed by atoms with Crippen molar-refractivity contribution in [1.29, 1.82) is 0 Å². The second-order valence-corrected chi connectivity index (χ2v) is 7.77. The lowest BCUT2D eigenvalue weighted by molar-refractivity contribution is 0.0922. The molecule has 1 N–H and O–H groups in total. The fourth-order valence-electron chi connectivity index (χ4n) is 4.39. The summed E-state index contributed by atoms with van der Waals surface area (Å²) >= 11 is 0. The van der Waals surface area contributed by atoms with E-state index in [9.17, 15) is 4.79 Å². The van der Waals surface area contributed by atoms with E-state index in [1.165, 1.54) is 11.1 Å². The first-order valence-corrected chi connectivity index (χ1v) is 10.6. The standard InChI is InChI=1S/C28H24N2O.ClH/c31-28(30-26-17-9-7-15-23(26)24-16-8-10-18-27(24)30)20-29-19-25(21-11-3-1-4-12-21)22-13-5-2-6-14-22;/h1-18,25,29H,19-20H2;1H. The fraction of sp³-hybridized carbons (Fsp3) is 0.107. The summed E-state index contributed by atoms with van der Waals surface area (Å²) in [6, 6.07) is 37.1. The van der Waals surface area contributed by atoms with Crippen LogP contribution in [-0.4, -0.2) is 23.6 Å². The number of para-hydroxylation sites is 2. The molecule has 5 rings (SSSR count). The molecular weight excluding hydrogens is 416 g/mol. The molecule has 0 atom stereocenters. The molecule has 1 aromatic heterocycles. The summed E-state index contributed by atoms with van der Waals surface area (Å²) in [6.45, 7) is 0.968. The lowest BCUT2D eigenvalue weighted by atomic mass is 9.91. The van der Waals surface area contributed by atoms with Gasteiger partial charge in [-0.2, -0.15) is 0 Å². The summed E-state index contributed by atoms with van der Waals surface area (Å²) in [5.74, 6) is 0.241. The van der Waals surface area contributed by atoms with E-state index in [1.807, 2.05) is 53.1 Å². The summed E-state index contributed by atoms with van der Waals surface area (Å²) < 4.78 is 1.84. The molecular formula is C28H25ClN2O. The Balaban J connectivity index is 0.00000245. The number of halogens is 1. The molecule has 0 spiro atoms. The Morgan fingerprint density at radius 1 is 0.656 bits per heavy atom. The van der Waals surface area contributed by atoms with Gasteiger partial charge in [-0.1, -0.05) is 97.1 Å². The monoisotopic (exact) mass is 440 g/mol. The van der Waals surface area contributed by atoms with Crippen LogP contribution in [0.1, 0.15) is 21.8 Å². The lowest BCUT2D eigenvalue weighted by Crippen LogP contribution is -2.31. The number of carbonyl (C=O) groups is 1. The van der Waals surface area contributed by atoms with Gasteiger partial charge in [0, 0.05) is 23.2 Å². The minimum absolute atomic E-state index is 0. The van der Waals surface area contributed by atoms with E-state index in [0.29, 0.717) is 6.54 Å². The summed E-state index contributed by atoms with van der Waals surface area (Å²) in [4.78, 5) is 13.3. The van der Waals surface area contributed by atoms with Crippen LogP contribution in [0.4, 0.5) is 0 Å². The maximum absolute atomic E-state index is 13.3. The first-order valence-electron chi connectivity index (χ1n) is 10.6. The Morgan fingerprint density at radius 2 is 1.09 bits per heavy atom. The van der Waals surface area contributed by atoms with Gasteiger partial charge in [0.2, 0.25) is 5.91 Å². The average Bonchev–Trinajstić information content (AvgIpc) is 3.17. The molecule has 0 aliphatic heterocycles. The van der Waals surface area contributed by atoms with Crippen LogP contribution in [0.2, 0.25) is 0 Å². The van der Waals surface area contributed by atoms with Crippen molar-refractivity contribution >= 4 is 40.1 Å². The number of carbonyl (C=O) groups excluding carboxylic acids is 1. The summed E-state index contributed by atoms with van der Waals surface area (Å²) in [7, 11) is 0. The van der Waals surface area contributed by atoms with Crippen molar-refractivity contribution in [2.24, 2.45) is 0 Å². The number of benzene rings is 4. The van der Waals surface area contributed by atoms with Gasteiger partial charge in [-0.05, 0) is 23.3 Å². The highest BCUT2D eigenvalue weighted by atomic mass is 35.5. The van der Waals surface area contributed by atoms with Crippen molar-refractivity contribution in [3.63, 3.8) is 0 Å². The van der Waals surface area contributed by atoms with Crippen LogP contribution in [-0.2, 0) is 0 Å². The highest BCUT2D eigenvalue weighted by molar-refractivity contribution is 6.13. The molecule has 4 aromatic carbocycles. The molecule has 0 amide bonds. The van der Waals surface area contributed by atoms with Crippen LogP contribution in [0.25, 0.3) is 21.8 Å². The van der Waals surface area contributed by atoms with Crippen LogP contribution < -0.4 is 5.32 Å². The van der Waals surface area contributed by atoms with Gasteiger partial charge < -0.3 is 5.32 Å². The van der Waals surface area contributed by atoms with Crippen LogP contribution in [0.5, 0.6) is 0 Å². The van der Waals surface area contributed by atoms with Gasteiger partial charge in [0.05, 0.1) is 17.6 Å². The second kappa shape index (κ2) is 9.82. The van der Waals surface area contributed by atoms with E-state index in [0.717, 1.165) is 21.8 Å². The maximum atomic E-state index is 13.3. The number of hydrogen-bond donors (Lipinski definition) is 1. The zero-order valence-corrected chi connectivity index (χ0v) is 18.5.